The molecule has 0 spiro atoms. The van der Waals surface area contributed by atoms with Crippen molar-refractivity contribution in [2.45, 2.75) is 65.3 Å². The van der Waals surface area contributed by atoms with Gasteiger partial charge in [-0.25, -0.2) is 0 Å². The fourth-order valence-corrected chi connectivity index (χ4v) is 4.10. The highest BCUT2D eigenvalue weighted by atomic mass is 16.2. The Labute approximate surface area is 157 Å². The van der Waals surface area contributed by atoms with Crippen molar-refractivity contribution in [2.24, 2.45) is 11.8 Å². The fraction of sp³-hybridized carbons (Fsp3) is 0.850. The van der Waals surface area contributed by atoms with Crippen molar-refractivity contribution in [3.63, 3.8) is 0 Å². The van der Waals surface area contributed by atoms with E-state index in [1.54, 1.807) is 0 Å². The summed E-state index contributed by atoms with van der Waals surface area (Å²) in [4.78, 5) is 40.2. The Bertz CT molecular complexity index is 493. The monoisotopic (exact) mass is 365 g/mol. The van der Waals surface area contributed by atoms with Gasteiger partial charge in [-0.2, -0.15) is 0 Å². The number of Topliss-reactive ketones (excluding diaryl/α,β-unsaturated/α-hetero) is 1. The first kappa shape index (κ1) is 20.9. The summed E-state index contributed by atoms with van der Waals surface area (Å²) in [5, 5.41) is 2.84. The van der Waals surface area contributed by atoms with Crippen LogP contribution >= 0.6 is 0 Å². The summed E-state index contributed by atoms with van der Waals surface area (Å²) in [5.74, 6) is 0.980. The Kier molecular flexibility index (Phi) is 8.07. The third kappa shape index (κ3) is 6.38. The molecule has 2 fully saturated rings. The molecule has 26 heavy (non-hydrogen) atoms. The molecule has 2 aliphatic rings. The highest BCUT2D eigenvalue weighted by Crippen LogP contribution is 2.28. The highest BCUT2D eigenvalue weighted by Gasteiger charge is 2.25. The van der Waals surface area contributed by atoms with E-state index >= 15 is 0 Å². The van der Waals surface area contributed by atoms with Crippen LogP contribution in [0.3, 0.4) is 0 Å². The first-order chi connectivity index (χ1) is 12.4. The van der Waals surface area contributed by atoms with Gasteiger partial charge in [0, 0.05) is 32.6 Å². The number of amides is 2. The van der Waals surface area contributed by atoms with Crippen LogP contribution in [0.1, 0.15) is 59.3 Å². The van der Waals surface area contributed by atoms with Crippen LogP contribution in [0.5, 0.6) is 0 Å². The largest absolute Gasteiger partial charge is 0.345 e. The van der Waals surface area contributed by atoms with Gasteiger partial charge in [0.15, 0.2) is 5.78 Å². The smallest absolute Gasteiger partial charge is 0.234 e. The lowest BCUT2D eigenvalue weighted by atomic mass is 10.0. The van der Waals surface area contributed by atoms with E-state index in [1.165, 1.54) is 32.6 Å². The normalized spacial score (nSPS) is 20.4. The molecule has 1 N–H and O–H groups in total. The number of ketones is 1. The molecule has 1 atom stereocenters. The second kappa shape index (κ2) is 10.0. The molecule has 148 valence electrons. The Morgan fingerprint density at radius 2 is 1.65 bits per heavy atom. The summed E-state index contributed by atoms with van der Waals surface area (Å²) in [6.45, 7) is 8.49. The summed E-state index contributed by atoms with van der Waals surface area (Å²) >= 11 is 0. The SMILES string of the molecule is CC(=O)C(NC(=O)CN1CCN(C(=O)CCC2CCCC2)CC1)C(C)C. The number of nitrogens with zero attached hydrogens (tertiary/aromatic N) is 2. The first-order valence-corrected chi connectivity index (χ1v) is 10.2. The maximum absolute atomic E-state index is 12.4. The topological polar surface area (TPSA) is 69.7 Å². The molecule has 2 amide bonds. The number of hydrogen-bond donors (Lipinski definition) is 1. The number of carbonyl (C=O) groups excluding carboxylic acids is 3. The molecule has 0 radical (unpaired) electrons. The third-order valence-electron chi connectivity index (χ3n) is 5.75. The maximum atomic E-state index is 12.4. The van der Waals surface area contributed by atoms with Crippen LogP contribution < -0.4 is 5.32 Å². The number of hydrogen-bond acceptors (Lipinski definition) is 4. The standard InChI is InChI=1S/C20H35N3O3/c1-15(2)20(16(3)24)21-18(25)14-22-10-12-23(13-11-22)19(26)9-8-17-6-4-5-7-17/h15,17,20H,4-14H2,1-3H3,(H,21,25). The zero-order valence-corrected chi connectivity index (χ0v) is 16.6. The van der Waals surface area contributed by atoms with Crippen molar-refractivity contribution in [3.8, 4) is 0 Å². The minimum Gasteiger partial charge on any atom is -0.345 e. The number of nitrogens with one attached hydrogen (secondary N) is 1. The van der Waals surface area contributed by atoms with E-state index in [0.717, 1.165) is 25.4 Å². The van der Waals surface area contributed by atoms with Gasteiger partial charge in [-0.3, -0.25) is 19.3 Å². The van der Waals surface area contributed by atoms with Gasteiger partial charge in [0.05, 0.1) is 12.6 Å². The minimum atomic E-state index is -0.416. The second-order valence-corrected chi connectivity index (χ2v) is 8.25. The van der Waals surface area contributed by atoms with Crippen molar-refractivity contribution >= 4 is 17.6 Å². The van der Waals surface area contributed by atoms with E-state index in [4.69, 9.17) is 0 Å². The molecule has 1 saturated heterocycles. The van der Waals surface area contributed by atoms with E-state index in [-0.39, 0.29) is 23.5 Å². The Morgan fingerprint density at radius 3 is 2.19 bits per heavy atom. The molecular formula is C20H35N3O3. The van der Waals surface area contributed by atoms with Crippen molar-refractivity contribution < 1.29 is 14.4 Å². The van der Waals surface area contributed by atoms with Gasteiger partial charge in [-0.1, -0.05) is 39.5 Å². The molecule has 6 nitrogen and oxygen atoms in total. The van der Waals surface area contributed by atoms with Gasteiger partial charge in [0.25, 0.3) is 0 Å². The summed E-state index contributed by atoms with van der Waals surface area (Å²) < 4.78 is 0. The van der Waals surface area contributed by atoms with E-state index in [2.05, 4.69) is 10.2 Å². The zero-order valence-electron chi connectivity index (χ0n) is 16.6. The van der Waals surface area contributed by atoms with Gasteiger partial charge in [-0.05, 0) is 25.2 Å². The molecule has 0 aromatic heterocycles. The average molecular weight is 366 g/mol. The van der Waals surface area contributed by atoms with Gasteiger partial charge in [-0.15, -0.1) is 0 Å². The highest BCUT2D eigenvalue weighted by molar-refractivity contribution is 5.88. The van der Waals surface area contributed by atoms with Crippen LogP contribution in [0.2, 0.25) is 0 Å². The summed E-state index contributed by atoms with van der Waals surface area (Å²) in [6, 6.07) is -0.416. The maximum Gasteiger partial charge on any atom is 0.234 e. The molecule has 2 rings (SSSR count). The lowest BCUT2D eigenvalue weighted by molar-refractivity contribution is -0.134. The Hall–Kier alpha value is -1.43. The van der Waals surface area contributed by atoms with E-state index in [9.17, 15) is 14.4 Å². The van der Waals surface area contributed by atoms with Crippen LogP contribution in [-0.4, -0.2) is 66.2 Å². The zero-order chi connectivity index (χ0) is 19.1. The van der Waals surface area contributed by atoms with Crippen LogP contribution in [0, 0.1) is 11.8 Å². The van der Waals surface area contributed by atoms with Crippen molar-refractivity contribution in [1.82, 2.24) is 15.1 Å². The lowest BCUT2D eigenvalue weighted by Gasteiger charge is -2.35. The van der Waals surface area contributed by atoms with Crippen LogP contribution in [0.25, 0.3) is 0 Å². The van der Waals surface area contributed by atoms with Crippen LogP contribution in [-0.2, 0) is 14.4 Å². The van der Waals surface area contributed by atoms with Gasteiger partial charge in [0.2, 0.25) is 11.8 Å². The fourth-order valence-electron chi connectivity index (χ4n) is 4.10. The lowest BCUT2D eigenvalue weighted by Crippen LogP contribution is -2.53. The van der Waals surface area contributed by atoms with Gasteiger partial charge < -0.3 is 10.2 Å². The third-order valence-corrected chi connectivity index (χ3v) is 5.75. The molecule has 0 aromatic carbocycles. The molecule has 1 saturated carbocycles. The summed E-state index contributed by atoms with van der Waals surface area (Å²) in [5.41, 5.74) is 0. The number of rotatable bonds is 8. The van der Waals surface area contributed by atoms with E-state index in [1.807, 2.05) is 18.7 Å². The number of carbonyl (C=O) groups is 3. The van der Waals surface area contributed by atoms with Crippen molar-refractivity contribution in [3.05, 3.63) is 0 Å². The molecule has 1 aliphatic carbocycles. The molecule has 6 heteroatoms. The molecule has 1 heterocycles. The van der Waals surface area contributed by atoms with Crippen LogP contribution in [0.4, 0.5) is 0 Å². The van der Waals surface area contributed by atoms with Crippen molar-refractivity contribution in [2.75, 3.05) is 32.7 Å². The van der Waals surface area contributed by atoms with E-state index < -0.39 is 6.04 Å². The summed E-state index contributed by atoms with van der Waals surface area (Å²) in [7, 11) is 0. The van der Waals surface area contributed by atoms with Crippen molar-refractivity contribution in [1.29, 1.82) is 0 Å². The van der Waals surface area contributed by atoms with Gasteiger partial charge >= 0.3 is 0 Å². The molecule has 0 bridgehead atoms. The summed E-state index contributed by atoms with van der Waals surface area (Å²) in [6.07, 6.45) is 6.91. The van der Waals surface area contributed by atoms with E-state index in [0.29, 0.717) is 26.1 Å². The Balaban J connectivity index is 1.67. The molecule has 1 unspecified atom stereocenters. The predicted molar refractivity (Wildman–Crippen MR) is 102 cm³/mol. The number of piperazine rings is 1. The predicted octanol–water partition coefficient (Wildman–Crippen LogP) is 1.83. The average Bonchev–Trinajstić information content (AvgIpc) is 3.11. The van der Waals surface area contributed by atoms with Gasteiger partial charge in [0.1, 0.15) is 0 Å². The Morgan fingerprint density at radius 1 is 1.04 bits per heavy atom. The molecule has 0 aromatic rings. The first-order valence-electron chi connectivity index (χ1n) is 10.2. The van der Waals surface area contributed by atoms with Crippen LogP contribution in [0.15, 0.2) is 0 Å². The molecular weight excluding hydrogens is 330 g/mol. The molecule has 1 aliphatic heterocycles. The second-order valence-electron chi connectivity index (χ2n) is 8.25. The quantitative estimate of drug-likeness (QED) is 0.712. The minimum absolute atomic E-state index is 0.00831.